The Hall–Kier alpha value is -2.23. The normalized spacial score (nSPS) is 12.0. The van der Waals surface area contributed by atoms with E-state index in [9.17, 15) is 4.79 Å². The number of amides is 1. The average Bonchev–Trinajstić information content (AvgIpc) is 2.99. The number of carbonyl (C=O) groups is 1. The molecule has 2 rings (SSSR count). The van der Waals surface area contributed by atoms with E-state index >= 15 is 0 Å². The first-order valence-corrected chi connectivity index (χ1v) is 7.20. The topological polar surface area (TPSA) is 45.5 Å². The van der Waals surface area contributed by atoms with Gasteiger partial charge in [0.05, 0.1) is 12.3 Å². The van der Waals surface area contributed by atoms with E-state index in [1.807, 2.05) is 30.3 Å². The van der Waals surface area contributed by atoms with Crippen LogP contribution in [0.4, 0.5) is 5.69 Å². The van der Waals surface area contributed by atoms with Gasteiger partial charge in [-0.1, -0.05) is 19.1 Å². The third kappa shape index (κ3) is 4.12. The van der Waals surface area contributed by atoms with Crippen LogP contribution < -0.4 is 5.32 Å². The molecule has 21 heavy (non-hydrogen) atoms. The van der Waals surface area contributed by atoms with Crippen molar-refractivity contribution in [2.75, 3.05) is 12.4 Å². The number of nitrogens with zero attached hydrogens (tertiary/aromatic N) is 1. The maximum Gasteiger partial charge on any atom is 0.219 e. The first-order chi connectivity index (χ1) is 10.1. The van der Waals surface area contributed by atoms with Crippen LogP contribution in [0.2, 0.25) is 0 Å². The lowest BCUT2D eigenvalue weighted by molar-refractivity contribution is -0.128. The fourth-order valence-corrected chi connectivity index (χ4v) is 2.21. The molecule has 0 radical (unpaired) electrons. The van der Waals surface area contributed by atoms with Crippen molar-refractivity contribution in [3.63, 3.8) is 0 Å². The second-order valence-corrected chi connectivity index (χ2v) is 5.20. The quantitative estimate of drug-likeness (QED) is 0.878. The molecule has 0 aliphatic rings. The van der Waals surface area contributed by atoms with E-state index in [-0.39, 0.29) is 11.9 Å². The molecule has 0 bridgehead atoms. The molecule has 0 saturated heterocycles. The first kappa shape index (κ1) is 15.2. The minimum Gasteiger partial charge on any atom is -0.467 e. The summed E-state index contributed by atoms with van der Waals surface area (Å²) in [4.78, 5) is 13.0. The van der Waals surface area contributed by atoms with Crippen molar-refractivity contribution in [1.82, 2.24) is 4.90 Å². The van der Waals surface area contributed by atoms with Crippen LogP contribution in [0.5, 0.6) is 0 Å². The fourth-order valence-electron chi connectivity index (χ4n) is 2.21. The third-order valence-corrected chi connectivity index (χ3v) is 3.52. The number of benzene rings is 1. The Bertz CT molecular complexity index is 578. The maximum atomic E-state index is 11.3. The predicted molar refractivity (Wildman–Crippen MR) is 84.0 cm³/mol. The van der Waals surface area contributed by atoms with Crippen LogP contribution in [0, 0.1) is 0 Å². The minimum atomic E-state index is 0.0652. The van der Waals surface area contributed by atoms with Gasteiger partial charge in [-0.15, -0.1) is 0 Å². The highest BCUT2D eigenvalue weighted by Gasteiger charge is 2.12. The number of hydrogen-bond donors (Lipinski definition) is 1. The van der Waals surface area contributed by atoms with Crippen LogP contribution in [0.3, 0.4) is 0 Å². The second-order valence-electron chi connectivity index (χ2n) is 5.20. The molecule has 1 aromatic heterocycles. The highest BCUT2D eigenvalue weighted by molar-refractivity contribution is 5.72. The fraction of sp³-hybridized carbons (Fsp3) is 0.353. The number of hydrogen-bond acceptors (Lipinski definition) is 3. The summed E-state index contributed by atoms with van der Waals surface area (Å²) in [5.74, 6) is 0.999. The molecule has 1 aromatic carbocycles. The molecule has 1 atom stereocenters. The average molecular weight is 286 g/mol. The van der Waals surface area contributed by atoms with Crippen molar-refractivity contribution in [3.8, 4) is 0 Å². The SMILES string of the molecule is CCC(Nc1cccc(CN(C)C(C)=O)c1)c1ccco1. The van der Waals surface area contributed by atoms with Crippen molar-refractivity contribution in [2.24, 2.45) is 0 Å². The van der Waals surface area contributed by atoms with Crippen LogP contribution >= 0.6 is 0 Å². The molecule has 0 saturated carbocycles. The summed E-state index contributed by atoms with van der Waals surface area (Å²) in [6.45, 7) is 4.31. The molecule has 1 heterocycles. The summed E-state index contributed by atoms with van der Waals surface area (Å²) < 4.78 is 5.47. The van der Waals surface area contributed by atoms with Crippen molar-refractivity contribution in [1.29, 1.82) is 0 Å². The number of carbonyl (C=O) groups excluding carboxylic acids is 1. The lowest BCUT2D eigenvalue weighted by Crippen LogP contribution is -2.23. The molecule has 112 valence electrons. The molecule has 0 aliphatic heterocycles. The Balaban J connectivity index is 2.08. The molecule has 0 aliphatic carbocycles. The Labute approximate surface area is 125 Å². The van der Waals surface area contributed by atoms with E-state index in [1.54, 1.807) is 25.1 Å². The van der Waals surface area contributed by atoms with Gasteiger partial charge in [0.2, 0.25) is 5.91 Å². The van der Waals surface area contributed by atoms with Gasteiger partial charge in [0.15, 0.2) is 0 Å². The maximum absolute atomic E-state index is 11.3. The summed E-state index contributed by atoms with van der Waals surface area (Å²) in [6, 6.07) is 12.2. The molecule has 0 spiro atoms. The number of rotatable bonds is 6. The summed E-state index contributed by atoms with van der Waals surface area (Å²) in [6.07, 6.45) is 2.63. The van der Waals surface area contributed by atoms with Crippen LogP contribution in [0.25, 0.3) is 0 Å². The van der Waals surface area contributed by atoms with E-state index in [2.05, 4.69) is 18.3 Å². The highest BCUT2D eigenvalue weighted by Crippen LogP contribution is 2.23. The van der Waals surface area contributed by atoms with E-state index in [4.69, 9.17) is 4.42 Å². The molecule has 0 fully saturated rings. The molecule has 4 nitrogen and oxygen atoms in total. The Morgan fingerprint density at radius 3 is 2.76 bits per heavy atom. The van der Waals surface area contributed by atoms with Gasteiger partial charge in [-0.2, -0.15) is 0 Å². The van der Waals surface area contributed by atoms with Gasteiger partial charge < -0.3 is 14.6 Å². The monoisotopic (exact) mass is 286 g/mol. The molecule has 1 amide bonds. The Morgan fingerprint density at radius 1 is 1.33 bits per heavy atom. The molecular weight excluding hydrogens is 264 g/mol. The minimum absolute atomic E-state index is 0.0652. The lowest BCUT2D eigenvalue weighted by atomic mass is 10.1. The van der Waals surface area contributed by atoms with Gasteiger partial charge in [0.25, 0.3) is 0 Å². The standard InChI is InChI=1S/C17H22N2O2/c1-4-16(17-9-6-10-21-17)18-15-8-5-7-14(11-15)12-19(3)13(2)20/h5-11,16,18H,4,12H2,1-3H3. The number of nitrogens with one attached hydrogen (secondary N) is 1. The van der Waals surface area contributed by atoms with E-state index in [1.165, 1.54) is 0 Å². The van der Waals surface area contributed by atoms with Crippen LogP contribution in [0.15, 0.2) is 47.1 Å². The Kier molecular flexibility index (Phi) is 5.04. The van der Waals surface area contributed by atoms with Gasteiger partial charge in [-0.05, 0) is 36.2 Å². The van der Waals surface area contributed by atoms with E-state index < -0.39 is 0 Å². The highest BCUT2D eigenvalue weighted by atomic mass is 16.3. The zero-order valence-corrected chi connectivity index (χ0v) is 12.8. The molecular formula is C17H22N2O2. The van der Waals surface area contributed by atoms with Gasteiger partial charge in [0.1, 0.15) is 5.76 Å². The van der Waals surface area contributed by atoms with Gasteiger partial charge in [-0.25, -0.2) is 0 Å². The van der Waals surface area contributed by atoms with E-state index in [0.717, 1.165) is 23.4 Å². The molecule has 4 heteroatoms. The van der Waals surface area contributed by atoms with E-state index in [0.29, 0.717) is 6.54 Å². The van der Waals surface area contributed by atoms with Gasteiger partial charge in [0, 0.05) is 26.2 Å². The summed E-state index contributed by atoms with van der Waals surface area (Å²) >= 11 is 0. The lowest BCUT2D eigenvalue weighted by Gasteiger charge is -2.18. The Morgan fingerprint density at radius 2 is 2.14 bits per heavy atom. The third-order valence-electron chi connectivity index (χ3n) is 3.52. The van der Waals surface area contributed by atoms with Crippen molar-refractivity contribution >= 4 is 11.6 Å². The van der Waals surface area contributed by atoms with Crippen molar-refractivity contribution in [2.45, 2.75) is 32.9 Å². The smallest absolute Gasteiger partial charge is 0.219 e. The van der Waals surface area contributed by atoms with Crippen molar-refractivity contribution < 1.29 is 9.21 Å². The number of anilines is 1. The van der Waals surface area contributed by atoms with Crippen molar-refractivity contribution in [3.05, 3.63) is 54.0 Å². The summed E-state index contributed by atoms with van der Waals surface area (Å²) in [7, 11) is 1.81. The zero-order valence-electron chi connectivity index (χ0n) is 12.8. The largest absolute Gasteiger partial charge is 0.467 e. The van der Waals surface area contributed by atoms with Gasteiger partial charge in [-0.3, -0.25) is 4.79 Å². The second kappa shape index (κ2) is 6.97. The molecule has 2 aromatic rings. The summed E-state index contributed by atoms with van der Waals surface area (Å²) in [5.41, 5.74) is 2.14. The first-order valence-electron chi connectivity index (χ1n) is 7.20. The molecule has 1 unspecified atom stereocenters. The zero-order chi connectivity index (χ0) is 15.2. The van der Waals surface area contributed by atoms with Crippen LogP contribution in [0.1, 0.15) is 37.6 Å². The van der Waals surface area contributed by atoms with Crippen LogP contribution in [-0.4, -0.2) is 17.9 Å². The predicted octanol–water partition coefficient (Wildman–Crippen LogP) is 3.82. The summed E-state index contributed by atoms with van der Waals surface area (Å²) in [5, 5.41) is 3.48. The van der Waals surface area contributed by atoms with Gasteiger partial charge >= 0.3 is 0 Å². The number of furan rings is 1. The molecule has 1 N–H and O–H groups in total. The van der Waals surface area contributed by atoms with Crippen LogP contribution in [-0.2, 0) is 11.3 Å².